The second-order valence-electron chi connectivity index (χ2n) is 9.61. The lowest BCUT2D eigenvalue weighted by atomic mass is 9.71. The molecule has 2 aromatic rings. The van der Waals surface area contributed by atoms with E-state index in [-0.39, 0.29) is 24.5 Å². The van der Waals surface area contributed by atoms with E-state index in [0.717, 1.165) is 27.0 Å². The first-order valence-corrected chi connectivity index (χ1v) is 13.7. The van der Waals surface area contributed by atoms with Gasteiger partial charge >= 0.3 is 5.97 Å². The van der Waals surface area contributed by atoms with Crippen LogP contribution in [0.15, 0.2) is 69.5 Å². The number of allylic oxidation sites excluding steroid dienone is 4. The highest BCUT2D eigenvalue weighted by Gasteiger charge is 2.43. The van der Waals surface area contributed by atoms with Gasteiger partial charge in [-0.1, -0.05) is 45.7 Å². The fourth-order valence-corrected chi connectivity index (χ4v) is 6.09. The number of benzene rings is 2. The highest BCUT2D eigenvalue weighted by atomic mass is 79.9. The number of ether oxygens (including phenoxy) is 1. The number of carboxylic acid groups (broad SMARTS) is 1. The molecule has 0 saturated carbocycles. The maximum Gasteiger partial charge on any atom is 0.305 e. The van der Waals surface area contributed by atoms with Crippen LogP contribution >= 0.6 is 27.5 Å². The number of Topliss-reactive ketones (excluding diaryl/α,β-unsaturated/α-hetero) is 2. The Kier molecular flexibility index (Phi) is 7.54. The highest BCUT2D eigenvalue weighted by Crippen LogP contribution is 2.49. The summed E-state index contributed by atoms with van der Waals surface area (Å²) in [7, 11) is 0. The number of nitrogens with zero attached hydrogens (tertiary/aromatic N) is 1. The predicted molar refractivity (Wildman–Crippen MR) is 143 cm³/mol. The number of carboxylic acids is 1. The van der Waals surface area contributed by atoms with Crippen LogP contribution in [0.5, 0.6) is 5.75 Å². The van der Waals surface area contributed by atoms with E-state index in [0.29, 0.717) is 67.1 Å². The van der Waals surface area contributed by atoms with Crippen molar-refractivity contribution in [3.8, 4) is 5.75 Å². The Morgan fingerprint density at radius 3 is 2.16 bits per heavy atom. The van der Waals surface area contributed by atoms with Gasteiger partial charge in [-0.15, -0.1) is 0 Å². The molecule has 6 nitrogen and oxygen atoms in total. The number of carbonyl (C=O) groups excluding carboxylic acids is 2. The first kappa shape index (κ1) is 25.7. The lowest BCUT2D eigenvalue weighted by Gasteiger charge is -2.44. The van der Waals surface area contributed by atoms with Gasteiger partial charge in [-0.25, -0.2) is 0 Å². The molecular formula is C29H27BrClNO5. The fraction of sp³-hybridized carbons (Fsp3) is 0.345. The molecule has 2 aromatic carbocycles. The van der Waals surface area contributed by atoms with Gasteiger partial charge in [-0.3, -0.25) is 14.4 Å². The molecule has 0 radical (unpaired) electrons. The SMILES string of the molecule is O=C(O)CCN1C2=C(C(=O)CCC2)C(c2ccc(OCc3ccc(Br)cc3)c(Cl)c2)C2=C1CCCC2=O. The first-order valence-electron chi connectivity index (χ1n) is 12.5. The second kappa shape index (κ2) is 10.8. The summed E-state index contributed by atoms with van der Waals surface area (Å²) in [6.07, 6.45) is 3.58. The van der Waals surface area contributed by atoms with Crippen LogP contribution in [0.1, 0.15) is 62.0 Å². The van der Waals surface area contributed by atoms with Crippen LogP contribution in [0.3, 0.4) is 0 Å². The van der Waals surface area contributed by atoms with Gasteiger partial charge in [-0.2, -0.15) is 0 Å². The van der Waals surface area contributed by atoms with E-state index < -0.39 is 11.9 Å². The minimum absolute atomic E-state index is 0.0168. The number of halogens is 2. The molecule has 0 bridgehead atoms. The van der Waals surface area contributed by atoms with Gasteiger partial charge in [0.1, 0.15) is 12.4 Å². The van der Waals surface area contributed by atoms with Gasteiger partial charge < -0.3 is 14.7 Å². The lowest BCUT2D eigenvalue weighted by Crippen LogP contribution is -2.39. The molecule has 5 rings (SSSR count). The third-order valence-electron chi connectivity index (χ3n) is 7.23. The zero-order valence-corrected chi connectivity index (χ0v) is 22.6. The van der Waals surface area contributed by atoms with Crippen LogP contribution < -0.4 is 4.74 Å². The Labute approximate surface area is 229 Å². The molecule has 0 amide bonds. The summed E-state index contributed by atoms with van der Waals surface area (Å²) in [5, 5.41) is 9.75. The second-order valence-corrected chi connectivity index (χ2v) is 10.9. The number of rotatable bonds is 7. The monoisotopic (exact) mass is 583 g/mol. The number of ketones is 2. The van der Waals surface area contributed by atoms with Crippen molar-refractivity contribution in [3.63, 3.8) is 0 Å². The van der Waals surface area contributed by atoms with Crippen molar-refractivity contribution in [2.45, 2.75) is 57.5 Å². The normalized spacial score (nSPS) is 18.2. The molecule has 1 N–H and O–H groups in total. The van der Waals surface area contributed by atoms with Gasteiger partial charge in [0.05, 0.1) is 11.4 Å². The molecule has 0 unspecified atom stereocenters. The van der Waals surface area contributed by atoms with Crippen LogP contribution in [0.2, 0.25) is 5.02 Å². The molecule has 37 heavy (non-hydrogen) atoms. The lowest BCUT2D eigenvalue weighted by molar-refractivity contribution is -0.137. The summed E-state index contributed by atoms with van der Waals surface area (Å²) in [6.45, 7) is 0.611. The molecule has 1 aliphatic heterocycles. The Balaban J connectivity index is 1.52. The standard InChI is InChI=1S/C29H27BrClNO5/c30-19-10-7-17(8-11-19)16-37-25-12-9-18(15-20(25)31)27-28-21(3-1-5-23(28)33)32(14-13-26(35)36)22-4-2-6-24(34)29(22)27/h7-12,15,27H,1-6,13-14,16H2,(H,35,36). The van der Waals surface area contributed by atoms with Crippen LogP contribution in [0.25, 0.3) is 0 Å². The quantitative estimate of drug-likeness (QED) is 0.396. The van der Waals surface area contributed by atoms with Gasteiger partial charge in [-0.05, 0) is 61.1 Å². The smallest absolute Gasteiger partial charge is 0.305 e. The fourth-order valence-electron chi connectivity index (χ4n) is 5.58. The van der Waals surface area contributed by atoms with E-state index >= 15 is 0 Å². The van der Waals surface area contributed by atoms with Crippen LogP contribution in [0.4, 0.5) is 0 Å². The van der Waals surface area contributed by atoms with E-state index in [1.807, 2.05) is 35.2 Å². The summed E-state index contributed by atoms with van der Waals surface area (Å²) >= 11 is 10.1. The molecular weight excluding hydrogens is 558 g/mol. The van der Waals surface area contributed by atoms with E-state index in [1.165, 1.54) is 0 Å². The van der Waals surface area contributed by atoms with Gasteiger partial charge in [0.25, 0.3) is 0 Å². The van der Waals surface area contributed by atoms with Crippen molar-refractivity contribution in [2.75, 3.05) is 6.54 Å². The minimum Gasteiger partial charge on any atom is -0.487 e. The Bertz CT molecular complexity index is 1290. The van der Waals surface area contributed by atoms with Gasteiger partial charge in [0.15, 0.2) is 11.6 Å². The molecule has 0 saturated heterocycles. The van der Waals surface area contributed by atoms with Gasteiger partial charge in [0.2, 0.25) is 0 Å². The van der Waals surface area contributed by atoms with E-state index in [2.05, 4.69) is 15.9 Å². The molecule has 2 aliphatic carbocycles. The molecule has 0 atom stereocenters. The molecule has 0 fully saturated rings. The molecule has 192 valence electrons. The predicted octanol–water partition coefficient (Wildman–Crippen LogP) is 6.57. The topological polar surface area (TPSA) is 83.9 Å². The van der Waals surface area contributed by atoms with Crippen molar-refractivity contribution in [1.29, 1.82) is 0 Å². The van der Waals surface area contributed by atoms with Gasteiger partial charge in [0, 0.05) is 52.3 Å². The third-order valence-corrected chi connectivity index (χ3v) is 8.06. The van der Waals surface area contributed by atoms with Crippen molar-refractivity contribution in [3.05, 3.63) is 85.6 Å². The number of hydrogen-bond acceptors (Lipinski definition) is 5. The minimum atomic E-state index is -0.902. The Hall–Kier alpha value is -2.90. The van der Waals surface area contributed by atoms with Crippen LogP contribution in [0, 0.1) is 0 Å². The summed E-state index contributed by atoms with van der Waals surface area (Å²) in [5.41, 5.74) is 4.74. The molecule has 0 spiro atoms. The first-order chi connectivity index (χ1) is 17.8. The third kappa shape index (κ3) is 5.25. The van der Waals surface area contributed by atoms with E-state index in [1.54, 1.807) is 12.1 Å². The van der Waals surface area contributed by atoms with Crippen molar-refractivity contribution >= 4 is 45.1 Å². The summed E-state index contributed by atoms with van der Waals surface area (Å²) in [5.74, 6) is -0.835. The number of carbonyl (C=O) groups is 3. The summed E-state index contributed by atoms with van der Waals surface area (Å²) in [6, 6.07) is 13.3. The van der Waals surface area contributed by atoms with Crippen molar-refractivity contribution < 1.29 is 24.2 Å². The number of hydrogen-bond donors (Lipinski definition) is 1. The molecule has 8 heteroatoms. The van der Waals surface area contributed by atoms with Crippen molar-refractivity contribution in [2.24, 2.45) is 0 Å². The number of aliphatic carboxylic acids is 1. The Morgan fingerprint density at radius 1 is 0.973 bits per heavy atom. The molecule has 0 aromatic heterocycles. The van der Waals surface area contributed by atoms with E-state index in [9.17, 15) is 19.5 Å². The maximum absolute atomic E-state index is 13.3. The van der Waals surface area contributed by atoms with Crippen molar-refractivity contribution in [1.82, 2.24) is 4.90 Å². The summed E-state index contributed by atoms with van der Waals surface area (Å²) in [4.78, 5) is 40.0. The maximum atomic E-state index is 13.3. The Morgan fingerprint density at radius 2 is 1.59 bits per heavy atom. The summed E-state index contributed by atoms with van der Waals surface area (Å²) < 4.78 is 6.95. The average Bonchev–Trinajstić information content (AvgIpc) is 2.87. The van der Waals surface area contributed by atoms with Crippen LogP contribution in [-0.4, -0.2) is 34.1 Å². The average molecular weight is 585 g/mol. The molecule has 1 heterocycles. The molecule has 3 aliphatic rings. The zero-order valence-electron chi connectivity index (χ0n) is 20.3. The zero-order chi connectivity index (χ0) is 26.1. The highest BCUT2D eigenvalue weighted by molar-refractivity contribution is 9.10. The van der Waals surface area contributed by atoms with Crippen LogP contribution in [-0.2, 0) is 21.0 Å². The van der Waals surface area contributed by atoms with E-state index in [4.69, 9.17) is 16.3 Å². The largest absolute Gasteiger partial charge is 0.487 e.